The van der Waals surface area contributed by atoms with Crippen molar-refractivity contribution in [2.45, 2.75) is 25.6 Å². The van der Waals surface area contributed by atoms with Crippen LogP contribution in [0.5, 0.6) is 0 Å². The summed E-state index contributed by atoms with van der Waals surface area (Å²) in [4.78, 5) is 10.6. The summed E-state index contributed by atoms with van der Waals surface area (Å²) in [7, 11) is 0. The number of rotatable bonds is 3. The third-order valence-electron chi connectivity index (χ3n) is 2.40. The first-order chi connectivity index (χ1) is 6.45. The molecule has 1 amide bonds. The van der Waals surface area contributed by atoms with Crippen LogP contribution in [0.2, 0.25) is 0 Å². The molecule has 14 heavy (non-hydrogen) atoms. The molecule has 1 heterocycles. The van der Waals surface area contributed by atoms with Crippen molar-refractivity contribution in [3.63, 3.8) is 0 Å². The van der Waals surface area contributed by atoms with E-state index in [9.17, 15) is 18.0 Å². The van der Waals surface area contributed by atoms with Gasteiger partial charge in [-0.2, -0.15) is 13.2 Å². The maximum atomic E-state index is 11.9. The number of alkyl halides is 3. The van der Waals surface area contributed by atoms with E-state index in [4.69, 9.17) is 0 Å². The molecule has 82 valence electrons. The van der Waals surface area contributed by atoms with Gasteiger partial charge in [0, 0.05) is 25.0 Å². The van der Waals surface area contributed by atoms with Crippen molar-refractivity contribution in [2.75, 3.05) is 13.1 Å². The third-order valence-corrected chi connectivity index (χ3v) is 2.40. The van der Waals surface area contributed by atoms with E-state index in [-0.39, 0.29) is 12.0 Å². The van der Waals surface area contributed by atoms with Crippen molar-refractivity contribution >= 4 is 5.91 Å². The van der Waals surface area contributed by atoms with Crippen LogP contribution in [0.1, 0.15) is 13.3 Å². The zero-order valence-electron chi connectivity index (χ0n) is 7.82. The van der Waals surface area contributed by atoms with Crippen molar-refractivity contribution < 1.29 is 18.0 Å². The molecule has 0 aliphatic carbocycles. The van der Waals surface area contributed by atoms with Crippen LogP contribution in [0.3, 0.4) is 0 Å². The molecule has 6 heteroatoms. The second-order valence-corrected chi connectivity index (χ2v) is 3.40. The fraction of sp³-hybridized carbons (Fsp3) is 0.875. The van der Waals surface area contributed by atoms with Gasteiger partial charge in [0.05, 0.1) is 0 Å². The number of hydrogen-bond donors (Lipinski definition) is 2. The van der Waals surface area contributed by atoms with Gasteiger partial charge in [-0.3, -0.25) is 4.79 Å². The molecule has 0 aromatic carbocycles. The highest BCUT2D eigenvalue weighted by Gasteiger charge is 2.41. The molecule has 0 radical (unpaired) electrons. The standard InChI is InChI=1S/C8H13F3N2O/c1-2-6(5-3-12-4-5)13-7(14)8(9,10)11/h5-6,12H,2-4H2,1H3,(H,13,14). The van der Waals surface area contributed by atoms with Gasteiger partial charge >= 0.3 is 12.1 Å². The average Bonchev–Trinajstić information content (AvgIpc) is 1.97. The van der Waals surface area contributed by atoms with Crippen molar-refractivity contribution in [3.8, 4) is 0 Å². The maximum Gasteiger partial charge on any atom is 0.471 e. The summed E-state index contributed by atoms with van der Waals surface area (Å²) < 4.78 is 35.7. The first-order valence-corrected chi connectivity index (χ1v) is 4.53. The molecule has 1 aliphatic heterocycles. The minimum Gasteiger partial charge on any atom is -0.345 e. The van der Waals surface area contributed by atoms with Gasteiger partial charge in [0.25, 0.3) is 0 Å². The van der Waals surface area contributed by atoms with Gasteiger partial charge in [-0.25, -0.2) is 0 Å². The highest BCUT2D eigenvalue weighted by molar-refractivity contribution is 5.81. The van der Waals surface area contributed by atoms with Crippen LogP contribution in [-0.4, -0.2) is 31.2 Å². The molecule has 1 saturated heterocycles. The van der Waals surface area contributed by atoms with Crippen molar-refractivity contribution in [1.29, 1.82) is 0 Å². The van der Waals surface area contributed by atoms with Gasteiger partial charge in [0.2, 0.25) is 0 Å². The monoisotopic (exact) mass is 210 g/mol. The molecular weight excluding hydrogens is 197 g/mol. The first-order valence-electron chi connectivity index (χ1n) is 4.53. The molecule has 1 rings (SSSR count). The van der Waals surface area contributed by atoms with E-state index >= 15 is 0 Å². The summed E-state index contributed by atoms with van der Waals surface area (Å²) in [5, 5.41) is 4.96. The Morgan fingerprint density at radius 1 is 1.57 bits per heavy atom. The lowest BCUT2D eigenvalue weighted by atomic mass is 9.92. The molecule has 1 fully saturated rings. The lowest BCUT2D eigenvalue weighted by Crippen LogP contribution is -2.56. The summed E-state index contributed by atoms with van der Waals surface area (Å²) >= 11 is 0. The lowest BCUT2D eigenvalue weighted by Gasteiger charge is -2.34. The fourth-order valence-electron chi connectivity index (χ4n) is 1.40. The predicted octanol–water partition coefficient (Wildman–Crippen LogP) is 0.663. The van der Waals surface area contributed by atoms with Crippen LogP contribution in [0.25, 0.3) is 0 Å². The normalized spacial score (nSPS) is 20.0. The summed E-state index contributed by atoms with van der Waals surface area (Å²) in [5.41, 5.74) is 0. The summed E-state index contributed by atoms with van der Waals surface area (Å²) in [6.07, 6.45) is -4.25. The zero-order chi connectivity index (χ0) is 10.8. The van der Waals surface area contributed by atoms with E-state index in [0.717, 1.165) is 0 Å². The molecular formula is C8H13F3N2O. The lowest BCUT2D eigenvalue weighted by molar-refractivity contribution is -0.174. The Hall–Kier alpha value is -0.780. The molecule has 0 aromatic heterocycles. The molecule has 0 aromatic rings. The highest BCUT2D eigenvalue weighted by atomic mass is 19.4. The summed E-state index contributed by atoms with van der Waals surface area (Å²) in [6.45, 7) is 3.12. The van der Waals surface area contributed by atoms with Gasteiger partial charge in [-0.05, 0) is 6.42 Å². The van der Waals surface area contributed by atoms with E-state index in [2.05, 4.69) is 5.32 Å². The number of halogens is 3. The minimum atomic E-state index is -4.77. The fourth-order valence-corrected chi connectivity index (χ4v) is 1.40. The first kappa shape index (κ1) is 11.3. The topological polar surface area (TPSA) is 41.1 Å². The van der Waals surface area contributed by atoms with Crippen LogP contribution in [0.15, 0.2) is 0 Å². The Balaban J connectivity index is 2.43. The van der Waals surface area contributed by atoms with Crippen LogP contribution in [-0.2, 0) is 4.79 Å². The maximum absolute atomic E-state index is 11.9. The number of amides is 1. The van der Waals surface area contributed by atoms with E-state index in [1.54, 1.807) is 6.92 Å². The van der Waals surface area contributed by atoms with Crippen molar-refractivity contribution in [2.24, 2.45) is 5.92 Å². The molecule has 1 atom stereocenters. The van der Waals surface area contributed by atoms with Gasteiger partial charge in [-0.1, -0.05) is 6.92 Å². The van der Waals surface area contributed by atoms with E-state index < -0.39 is 12.1 Å². The van der Waals surface area contributed by atoms with E-state index in [1.807, 2.05) is 5.32 Å². The Morgan fingerprint density at radius 3 is 2.43 bits per heavy atom. The Bertz CT molecular complexity index is 213. The van der Waals surface area contributed by atoms with E-state index in [1.165, 1.54) is 0 Å². The largest absolute Gasteiger partial charge is 0.471 e. The van der Waals surface area contributed by atoms with Gasteiger partial charge < -0.3 is 10.6 Å². The van der Waals surface area contributed by atoms with E-state index in [0.29, 0.717) is 19.5 Å². The zero-order valence-corrected chi connectivity index (χ0v) is 7.82. The molecule has 1 aliphatic rings. The molecule has 3 nitrogen and oxygen atoms in total. The predicted molar refractivity (Wildman–Crippen MR) is 44.6 cm³/mol. The molecule has 0 bridgehead atoms. The highest BCUT2D eigenvalue weighted by Crippen LogP contribution is 2.18. The Morgan fingerprint density at radius 2 is 2.14 bits per heavy atom. The van der Waals surface area contributed by atoms with Gasteiger partial charge in [0.15, 0.2) is 0 Å². The van der Waals surface area contributed by atoms with Crippen LogP contribution in [0.4, 0.5) is 13.2 Å². The number of hydrogen-bond acceptors (Lipinski definition) is 2. The van der Waals surface area contributed by atoms with Crippen LogP contribution >= 0.6 is 0 Å². The van der Waals surface area contributed by atoms with Gasteiger partial charge in [-0.15, -0.1) is 0 Å². The second-order valence-electron chi connectivity index (χ2n) is 3.40. The molecule has 2 N–H and O–H groups in total. The SMILES string of the molecule is CCC(NC(=O)C(F)(F)F)C1CNC1. The molecule has 0 saturated carbocycles. The number of carbonyl (C=O) groups excluding carboxylic acids is 1. The van der Waals surface area contributed by atoms with Crippen LogP contribution < -0.4 is 10.6 Å². The smallest absolute Gasteiger partial charge is 0.345 e. The van der Waals surface area contributed by atoms with Gasteiger partial charge in [0.1, 0.15) is 0 Å². The minimum absolute atomic E-state index is 0.131. The second kappa shape index (κ2) is 4.16. The molecule has 0 spiro atoms. The average molecular weight is 210 g/mol. The summed E-state index contributed by atoms with van der Waals surface area (Å²) in [5.74, 6) is -1.71. The van der Waals surface area contributed by atoms with Crippen molar-refractivity contribution in [3.05, 3.63) is 0 Å². The van der Waals surface area contributed by atoms with Crippen LogP contribution in [0, 0.1) is 5.92 Å². The Kier molecular flexibility index (Phi) is 3.36. The van der Waals surface area contributed by atoms with Crippen molar-refractivity contribution in [1.82, 2.24) is 10.6 Å². The quantitative estimate of drug-likeness (QED) is 0.718. The molecule has 1 unspecified atom stereocenters. The Labute approximate surface area is 80.0 Å². The third kappa shape index (κ3) is 2.60. The number of carbonyl (C=O) groups is 1. The summed E-state index contributed by atoms with van der Waals surface area (Å²) in [6, 6.07) is -0.370. The number of nitrogens with one attached hydrogen (secondary N) is 2.